The molecule has 2 aliphatic carbocycles. The van der Waals surface area contributed by atoms with Gasteiger partial charge in [-0.2, -0.15) is 0 Å². The minimum absolute atomic E-state index is 0.636. The minimum Gasteiger partial charge on any atom is -0.398 e. The van der Waals surface area contributed by atoms with Gasteiger partial charge in [-0.05, 0) is 55.4 Å². The highest BCUT2D eigenvalue weighted by Crippen LogP contribution is 2.34. The molecule has 0 spiro atoms. The van der Waals surface area contributed by atoms with Gasteiger partial charge in [-0.3, -0.25) is 0 Å². The standard InChI is InChI=1S/C18H21N3/c19-16-6-2-1-4-14(16)12-21(15-9-10-15)18-11-8-13-5-3-7-17(13)20-18/h1-2,4,6,8,11,15H,3,5,7,9-10,12,19H2. The Hall–Kier alpha value is -2.03. The molecule has 4 rings (SSSR count). The van der Waals surface area contributed by atoms with E-state index in [1.807, 2.05) is 12.1 Å². The third kappa shape index (κ3) is 2.48. The SMILES string of the molecule is Nc1ccccc1CN(c1ccc2c(n1)CCC2)C1CC1. The molecule has 0 amide bonds. The second-order valence-electron chi connectivity index (χ2n) is 6.19. The Labute approximate surface area is 125 Å². The molecule has 1 heterocycles. The van der Waals surface area contributed by atoms with Gasteiger partial charge >= 0.3 is 0 Å². The quantitative estimate of drug-likeness (QED) is 0.873. The predicted octanol–water partition coefficient (Wildman–Crippen LogP) is 3.32. The summed E-state index contributed by atoms with van der Waals surface area (Å²) in [6.45, 7) is 0.864. The molecule has 2 N–H and O–H groups in total. The van der Waals surface area contributed by atoms with Gasteiger partial charge in [0.1, 0.15) is 5.82 Å². The average Bonchev–Trinajstić information content (AvgIpc) is 3.23. The van der Waals surface area contributed by atoms with Crippen molar-refractivity contribution in [3.63, 3.8) is 0 Å². The molecule has 3 nitrogen and oxygen atoms in total. The van der Waals surface area contributed by atoms with Crippen LogP contribution < -0.4 is 10.6 Å². The van der Waals surface area contributed by atoms with Crippen molar-refractivity contribution in [1.29, 1.82) is 0 Å². The first-order valence-corrected chi connectivity index (χ1v) is 7.90. The number of anilines is 2. The van der Waals surface area contributed by atoms with Gasteiger partial charge in [-0.15, -0.1) is 0 Å². The third-order valence-corrected chi connectivity index (χ3v) is 4.59. The first kappa shape index (κ1) is 12.7. The van der Waals surface area contributed by atoms with E-state index < -0.39 is 0 Å². The lowest BCUT2D eigenvalue weighted by atomic mass is 10.1. The Morgan fingerprint density at radius 2 is 1.95 bits per heavy atom. The van der Waals surface area contributed by atoms with Crippen LogP contribution in [0.2, 0.25) is 0 Å². The molecule has 1 fully saturated rings. The number of aryl methyl sites for hydroxylation is 2. The van der Waals surface area contributed by atoms with Crippen LogP contribution >= 0.6 is 0 Å². The number of pyridine rings is 1. The summed E-state index contributed by atoms with van der Waals surface area (Å²) in [4.78, 5) is 7.36. The molecular weight excluding hydrogens is 258 g/mol. The van der Waals surface area contributed by atoms with Crippen molar-refractivity contribution >= 4 is 11.5 Å². The maximum Gasteiger partial charge on any atom is 0.129 e. The zero-order valence-corrected chi connectivity index (χ0v) is 12.3. The zero-order valence-electron chi connectivity index (χ0n) is 12.3. The molecule has 0 atom stereocenters. The number of aromatic nitrogens is 1. The van der Waals surface area contributed by atoms with E-state index in [2.05, 4.69) is 29.2 Å². The number of nitrogens with zero attached hydrogens (tertiary/aromatic N) is 2. The van der Waals surface area contributed by atoms with Crippen molar-refractivity contribution in [1.82, 2.24) is 4.98 Å². The van der Waals surface area contributed by atoms with Crippen LogP contribution in [0.15, 0.2) is 36.4 Å². The van der Waals surface area contributed by atoms with Crippen molar-refractivity contribution in [3.8, 4) is 0 Å². The fourth-order valence-corrected chi connectivity index (χ4v) is 3.21. The Balaban J connectivity index is 1.64. The Morgan fingerprint density at radius 1 is 1.10 bits per heavy atom. The van der Waals surface area contributed by atoms with Crippen LogP contribution in [0.25, 0.3) is 0 Å². The van der Waals surface area contributed by atoms with E-state index in [1.54, 1.807) is 0 Å². The molecule has 3 heteroatoms. The monoisotopic (exact) mass is 279 g/mol. The van der Waals surface area contributed by atoms with Crippen molar-refractivity contribution in [2.45, 2.75) is 44.7 Å². The van der Waals surface area contributed by atoms with Gasteiger partial charge in [0.25, 0.3) is 0 Å². The summed E-state index contributed by atoms with van der Waals surface area (Å²) in [6.07, 6.45) is 6.12. The summed E-state index contributed by atoms with van der Waals surface area (Å²) < 4.78 is 0. The van der Waals surface area contributed by atoms with Crippen LogP contribution in [-0.2, 0) is 19.4 Å². The molecule has 0 unspecified atom stereocenters. The summed E-state index contributed by atoms with van der Waals surface area (Å²) in [5.41, 5.74) is 10.9. The molecule has 2 aliphatic rings. The number of benzene rings is 1. The van der Waals surface area contributed by atoms with E-state index in [0.717, 1.165) is 24.5 Å². The maximum atomic E-state index is 6.11. The van der Waals surface area contributed by atoms with E-state index in [4.69, 9.17) is 10.7 Å². The molecule has 21 heavy (non-hydrogen) atoms. The van der Waals surface area contributed by atoms with Crippen LogP contribution in [0.4, 0.5) is 11.5 Å². The third-order valence-electron chi connectivity index (χ3n) is 4.59. The van der Waals surface area contributed by atoms with Crippen LogP contribution in [0, 0.1) is 0 Å². The summed E-state index contributed by atoms with van der Waals surface area (Å²) in [6, 6.07) is 13.3. The van der Waals surface area contributed by atoms with Crippen molar-refractivity contribution in [3.05, 3.63) is 53.2 Å². The topological polar surface area (TPSA) is 42.1 Å². The Bertz CT molecular complexity index is 661. The van der Waals surface area contributed by atoms with E-state index >= 15 is 0 Å². The lowest BCUT2D eigenvalue weighted by molar-refractivity contribution is 0.774. The van der Waals surface area contributed by atoms with E-state index in [9.17, 15) is 0 Å². The molecule has 1 aromatic heterocycles. The van der Waals surface area contributed by atoms with Crippen LogP contribution in [0.1, 0.15) is 36.1 Å². The van der Waals surface area contributed by atoms with Crippen molar-refractivity contribution in [2.75, 3.05) is 10.6 Å². The maximum absolute atomic E-state index is 6.11. The van der Waals surface area contributed by atoms with Gasteiger partial charge in [0.05, 0.1) is 0 Å². The van der Waals surface area contributed by atoms with Gasteiger partial charge in [0.2, 0.25) is 0 Å². The number of rotatable bonds is 4. The van der Waals surface area contributed by atoms with Gasteiger partial charge in [-0.1, -0.05) is 24.3 Å². The molecule has 0 aliphatic heterocycles. The number of nitrogens with two attached hydrogens (primary N) is 1. The van der Waals surface area contributed by atoms with Crippen LogP contribution in [-0.4, -0.2) is 11.0 Å². The molecule has 0 radical (unpaired) electrons. The molecule has 1 saturated carbocycles. The Kier molecular flexibility index (Phi) is 3.06. The molecule has 0 saturated heterocycles. The van der Waals surface area contributed by atoms with Crippen molar-refractivity contribution < 1.29 is 0 Å². The highest BCUT2D eigenvalue weighted by Gasteiger charge is 2.31. The van der Waals surface area contributed by atoms with E-state index in [0.29, 0.717) is 6.04 Å². The fourth-order valence-electron chi connectivity index (χ4n) is 3.21. The second-order valence-corrected chi connectivity index (χ2v) is 6.19. The summed E-state index contributed by atoms with van der Waals surface area (Å²) in [5.74, 6) is 1.13. The number of nitrogen functional groups attached to an aromatic ring is 1. The highest BCUT2D eigenvalue weighted by atomic mass is 15.2. The molecule has 1 aromatic carbocycles. The lowest BCUT2D eigenvalue weighted by Gasteiger charge is -2.25. The number of para-hydroxylation sites is 1. The number of fused-ring (bicyclic) bond motifs is 1. The molecule has 0 bridgehead atoms. The van der Waals surface area contributed by atoms with Gasteiger partial charge in [-0.25, -0.2) is 4.98 Å². The molecule has 108 valence electrons. The van der Waals surface area contributed by atoms with E-state index in [-0.39, 0.29) is 0 Å². The Morgan fingerprint density at radius 3 is 2.76 bits per heavy atom. The predicted molar refractivity (Wildman–Crippen MR) is 86.3 cm³/mol. The zero-order chi connectivity index (χ0) is 14.2. The normalized spacial score (nSPS) is 16.8. The largest absolute Gasteiger partial charge is 0.398 e. The summed E-state index contributed by atoms with van der Waals surface area (Å²) in [7, 11) is 0. The smallest absolute Gasteiger partial charge is 0.129 e. The lowest BCUT2D eigenvalue weighted by Crippen LogP contribution is -2.26. The fraction of sp³-hybridized carbons (Fsp3) is 0.389. The van der Waals surface area contributed by atoms with Crippen LogP contribution in [0.3, 0.4) is 0 Å². The van der Waals surface area contributed by atoms with Gasteiger partial charge in [0, 0.05) is 24.0 Å². The highest BCUT2D eigenvalue weighted by molar-refractivity contribution is 5.51. The second kappa shape index (κ2) is 5.06. The van der Waals surface area contributed by atoms with E-state index in [1.165, 1.54) is 42.5 Å². The first-order valence-electron chi connectivity index (χ1n) is 7.90. The number of hydrogen-bond acceptors (Lipinski definition) is 3. The van der Waals surface area contributed by atoms with Crippen molar-refractivity contribution in [2.24, 2.45) is 0 Å². The number of hydrogen-bond donors (Lipinski definition) is 1. The average molecular weight is 279 g/mol. The first-order chi connectivity index (χ1) is 10.3. The molecule has 2 aromatic rings. The summed E-state index contributed by atoms with van der Waals surface area (Å²) >= 11 is 0. The van der Waals surface area contributed by atoms with Crippen LogP contribution in [0.5, 0.6) is 0 Å². The summed E-state index contributed by atoms with van der Waals surface area (Å²) in [5, 5.41) is 0. The van der Waals surface area contributed by atoms with Gasteiger partial charge < -0.3 is 10.6 Å². The molecular formula is C18H21N3. The van der Waals surface area contributed by atoms with Gasteiger partial charge in [0.15, 0.2) is 0 Å². The minimum atomic E-state index is 0.636.